The number of nitrogens with one attached hydrogen (secondary N) is 1. The molecular formula is C24H30F2N4O2. The predicted octanol–water partition coefficient (Wildman–Crippen LogP) is 4.26. The summed E-state index contributed by atoms with van der Waals surface area (Å²) in [7, 11) is 0. The molecule has 1 aromatic heterocycles. The minimum Gasteiger partial charge on any atom is -0.328 e. The molecule has 3 fully saturated rings. The highest BCUT2D eigenvalue weighted by Crippen LogP contribution is 2.49. The predicted molar refractivity (Wildman–Crippen MR) is 114 cm³/mol. The number of nitrogens with zero attached hydrogens (tertiary/aromatic N) is 3. The normalized spacial score (nSPS) is 21.8. The average molecular weight is 445 g/mol. The Bertz CT molecular complexity index is 881. The summed E-state index contributed by atoms with van der Waals surface area (Å²) < 4.78 is 29.8. The minimum absolute atomic E-state index is 0.0944. The lowest BCUT2D eigenvalue weighted by atomic mass is 9.63. The van der Waals surface area contributed by atoms with E-state index in [1.165, 1.54) is 43.8 Å². The second-order valence-corrected chi connectivity index (χ2v) is 9.97. The first-order chi connectivity index (χ1) is 15.2. The molecule has 1 N–H and O–H groups in total. The Kier molecular flexibility index (Phi) is 6.19. The number of carbonyl (C=O) groups is 2. The molecule has 1 aromatic rings. The molecule has 6 nitrogen and oxygen atoms in total. The Morgan fingerprint density at radius 1 is 1.16 bits per heavy atom. The molecule has 1 atom stereocenters. The molecule has 0 bridgehead atoms. The van der Waals surface area contributed by atoms with E-state index in [0.29, 0.717) is 36.9 Å². The first kappa shape index (κ1) is 22.6. The van der Waals surface area contributed by atoms with Gasteiger partial charge in [0.25, 0.3) is 5.92 Å². The quantitative estimate of drug-likeness (QED) is 0.649. The van der Waals surface area contributed by atoms with Gasteiger partial charge in [0.1, 0.15) is 0 Å². The maximum Gasteiger partial charge on any atom is 0.317 e. The lowest BCUT2D eigenvalue weighted by molar-refractivity contribution is -0.124. The number of carbonyl (C=O) groups excluding carboxylic acids is 2. The molecule has 172 valence electrons. The van der Waals surface area contributed by atoms with Crippen LogP contribution in [0.2, 0.25) is 0 Å². The Hall–Kier alpha value is -2.56. The third kappa shape index (κ3) is 5.25. The van der Waals surface area contributed by atoms with E-state index in [1.54, 1.807) is 4.90 Å². The summed E-state index contributed by atoms with van der Waals surface area (Å²) in [4.78, 5) is 31.3. The van der Waals surface area contributed by atoms with Gasteiger partial charge in [-0.3, -0.25) is 9.78 Å². The molecule has 1 saturated heterocycles. The van der Waals surface area contributed by atoms with E-state index in [-0.39, 0.29) is 6.42 Å². The van der Waals surface area contributed by atoms with Crippen molar-refractivity contribution in [2.75, 3.05) is 13.1 Å². The van der Waals surface area contributed by atoms with Crippen molar-refractivity contribution in [2.24, 2.45) is 10.8 Å². The van der Waals surface area contributed by atoms with Crippen LogP contribution in [0, 0.1) is 22.2 Å². The van der Waals surface area contributed by atoms with Crippen LogP contribution in [0.1, 0.15) is 63.4 Å². The molecule has 2 saturated carbocycles. The fourth-order valence-corrected chi connectivity index (χ4v) is 4.95. The number of amides is 2. The van der Waals surface area contributed by atoms with E-state index >= 15 is 0 Å². The Morgan fingerprint density at radius 3 is 2.34 bits per heavy atom. The van der Waals surface area contributed by atoms with Crippen molar-refractivity contribution in [1.82, 2.24) is 15.2 Å². The van der Waals surface area contributed by atoms with Gasteiger partial charge in [0, 0.05) is 44.7 Å². The number of rotatable bonds is 8. The highest BCUT2D eigenvalue weighted by atomic mass is 19.3. The molecule has 2 amide bonds. The molecule has 1 aliphatic heterocycles. The molecule has 32 heavy (non-hydrogen) atoms. The molecule has 8 heteroatoms. The number of Topliss-reactive ketones (excluding diaryl/α,β-unsaturated/α-hetero) is 1. The first-order valence-electron chi connectivity index (χ1n) is 11.5. The largest absolute Gasteiger partial charge is 0.328 e. The number of piperidine rings is 1. The molecule has 0 radical (unpaired) electrons. The first-order valence-corrected chi connectivity index (χ1v) is 11.5. The zero-order chi connectivity index (χ0) is 22.8. The topological polar surface area (TPSA) is 86.1 Å². The number of ketones is 1. The molecule has 3 aliphatic rings. The summed E-state index contributed by atoms with van der Waals surface area (Å²) in [5.74, 6) is -3.67. The van der Waals surface area contributed by atoms with Crippen molar-refractivity contribution in [1.29, 1.82) is 5.26 Å². The van der Waals surface area contributed by atoms with E-state index in [1.807, 2.05) is 0 Å². The highest BCUT2D eigenvalue weighted by molar-refractivity contribution is 5.89. The van der Waals surface area contributed by atoms with Crippen LogP contribution < -0.4 is 5.32 Å². The molecule has 1 spiro atoms. The van der Waals surface area contributed by atoms with Crippen molar-refractivity contribution in [3.8, 4) is 6.07 Å². The Labute approximate surface area is 187 Å². The second kappa shape index (κ2) is 8.76. The summed E-state index contributed by atoms with van der Waals surface area (Å²) >= 11 is 0. The molecule has 0 aromatic carbocycles. The molecule has 4 rings (SSSR count). The lowest BCUT2D eigenvalue weighted by Gasteiger charge is -2.48. The number of nitriles is 1. The lowest BCUT2D eigenvalue weighted by Crippen LogP contribution is -2.54. The number of hydrogen-bond acceptors (Lipinski definition) is 4. The second-order valence-electron chi connectivity index (χ2n) is 9.97. The van der Waals surface area contributed by atoms with Crippen molar-refractivity contribution < 1.29 is 18.4 Å². The zero-order valence-electron chi connectivity index (χ0n) is 18.3. The fourth-order valence-electron chi connectivity index (χ4n) is 4.95. The number of alkyl halides is 2. The van der Waals surface area contributed by atoms with Gasteiger partial charge in [-0.05, 0) is 61.6 Å². The van der Waals surface area contributed by atoms with Gasteiger partial charge >= 0.3 is 6.03 Å². The maximum absolute atomic E-state index is 14.9. The van der Waals surface area contributed by atoms with E-state index in [0.717, 1.165) is 12.8 Å². The van der Waals surface area contributed by atoms with Gasteiger partial charge < -0.3 is 10.2 Å². The number of urea groups is 1. The molecule has 2 aliphatic carbocycles. The van der Waals surface area contributed by atoms with Crippen LogP contribution in [0.15, 0.2) is 24.5 Å². The van der Waals surface area contributed by atoms with E-state index < -0.39 is 42.0 Å². The summed E-state index contributed by atoms with van der Waals surface area (Å²) in [6.07, 6.45) is 8.15. The van der Waals surface area contributed by atoms with Crippen LogP contribution in [-0.4, -0.2) is 46.8 Å². The van der Waals surface area contributed by atoms with Crippen LogP contribution >= 0.6 is 0 Å². The molecule has 2 heterocycles. The Morgan fingerprint density at radius 2 is 1.81 bits per heavy atom. The average Bonchev–Trinajstić information content (AvgIpc) is 3.52. The van der Waals surface area contributed by atoms with Crippen LogP contribution in [0.3, 0.4) is 0 Å². The van der Waals surface area contributed by atoms with Gasteiger partial charge in [-0.1, -0.05) is 6.42 Å². The van der Waals surface area contributed by atoms with Crippen LogP contribution in [0.5, 0.6) is 0 Å². The van der Waals surface area contributed by atoms with Crippen LogP contribution in [0.4, 0.5) is 13.6 Å². The number of halogens is 2. The summed E-state index contributed by atoms with van der Waals surface area (Å²) in [5, 5.41) is 11.9. The zero-order valence-corrected chi connectivity index (χ0v) is 18.3. The van der Waals surface area contributed by atoms with Crippen molar-refractivity contribution in [2.45, 2.75) is 76.2 Å². The van der Waals surface area contributed by atoms with Gasteiger partial charge in [-0.25, -0.2) is 13.6 Å². The standard InChI is InChI=1S/C24H30F2N4O2/c25-24(26,14-18-2-10-28-11-3-18)15-19(20(31)16-23(17-27)6-7-23)29-21(32)30-12-8-22(9-13-30)4-1-5-22/h2-3,10-11,19H,1,4-9,12-16H2,(H,29,32)/t19-/m0/s1. The third-order valence-corrected chi connectivity index (χ3v) is 7.53. The van der Waals surface area contributed by atoms with E-state index in [4.69, 9.17) is 0 Å². The van der Waals surface area contributed by atoms with Crippen LogP contribution in [0.25, 0.3) is 0 Å². The van der Waals surface area contributed by atoms with Gasteiger partial charge in [0.05, 0.1) is 17.5 Å². The molecule has 0 unspecified atom stereocenters. The maximum atomic E-state index is 14.9. The Balaban J connectivity index is 1.41. The smallest absolute Gasteiger partial charge is 0.317 e. The van der Waals surface area contributed by atoms with E-state index in [9.17, 15) is 23.6 Å². The van der Waals surface area contributed by atoms with E-state index in [2.05, 4.69) is 16.4 Å². The van der Waals surface area contributed by atoms with Gasteiger partial charge in [-0.15, -0.1) is 0 Å². The number of hydrogen-bond donors (Lipinski definition) is 1. The summed E-state index contributed by atoms with van der Waals surface area (Å²) in [6, 6.07) is 3.40. The van der Waals surface area contributed by atoms with Crippen LogP contribution in [-0.2, 0) is 11.2 Å². The van der Waals surface area contributed by atoms with Crippen molar-refractivity contribution in [3.63, 3.8) is 0 Å². The van der Waals surface area contributed by atoms with Gasteiger partial charge in [0.2, 0.25) is 0 Å². The minimum atomic E-state index is -3.18. The highest BCUT2D eigenvalue weighted by Gasteiger charge is 2.48. The SMILES string of the molecule is N#CC1(CC(=O)[C@H](CC(F)(F)Cc2ccncc2)NC(=O)N2CCC3(CCC3)CC2)CC1. The number of likely N-dealkylation sites (tertiary alicyclic amines) is 1. The van der Waals surface area contributed by atoms with Crippen molar-refractivity contribution in [3.05, 3.63) is 30.1 Å². The molecular weight excluding hydrogens is 414 g/mol. The monoisotopic (exact) mass is 444 g/mol. The van der Waals surface area contributed by atoms with Gasteiger partial charge in [-0.2, -0.15) is 5.26 Å². The summed E-state index contributed by atoms with van der Waals surface area (Å²) in [6.45, 7) is 1.17. The van der Waals surface area contributed by atoms with Crippen molar-refractivity contribution >= 4 is 11.8 Å². The number of pyridine rings is 1. The third-order valence-electron chi connectivity index (χ3n) is 7.53. The fraction of sp³-hybridized carbons (Fsp3) is 0.667. The summed E-state index contributed by atoms with van der Waals surface area (Å²) in [5.41, 5.74) is 0.0247. The van der Waals surface area contributed by atoms with Gasteiger partial charge in [0.15, 0.2) is 5.78 Å². The number of aromatic nitrogens is 1.